The Morgan fingerprint density at radius 2 is 0.568 bits per heavy atom. The van der Waals surface area contributed by atoms with E-state index >= 15 is 0 Å². The summed E-state index contributed by atoms with van der Waals surface area (Å²) in [5.74, 6) is -1.04. The molecule has 0 spiro atoms. The number of carbonyl (C=O) groups excluding carboxylic acids is 3. The van der Waals surface area contributed by atoms with Crippen molar-refractivity contribution in [3.63, 3.8) is 0 Å². The summed E-state index contributed by atoms with van der Waals surface area (Å²) in [6, 6.07) is 0. The molecule has 1 unspecified atom stereocenters. The van der Waals surface area contributed by atoms with E-state index in [1.165, 1.54) is 148 Å². The zero-order valence-corrected chi connectivity index (χ0v) is 48.3. The number of hydrogen-bond donors (Lipinski definition) is 0. The second-order valence-electron chi connectivity index (χ2n) is 20.2. The van der Waals surface area contributed by atoms with E-state index in [1.54, 1.807) is 6.08 Å². The maximum atomic E-state index is 12.8. The molecular formula is C68H114O6. The predicted octanol–water partition coefficient (Wildman–Crippen LogP) is 21.0. The molecule has 0 fully saturated rings. The molecular weight excluding hydrogens is 913 g/mol. The molecule has 0 bridgehead atoms. The van der Waals surface area contributed by atoms with Crippen molar-refractivity contribution in [1.82, 2.24) is 0 Å². The zero-order valence-electron chi connectivity index (χ0n) is 48.3. The minimum atomic E-state index is -0.831. The molecule has 0 aromatic rings. The Labute approximate surface area is 457 Å². The van der Waals surface area contributed by atoms with Crippen molar-refractivity contribution >= 4 is 17.9 Å². The van der Waals surface area contributed by atoms with Gasteiger partial charge in [0.2, 0.25) is 0 Å². The summed E-state index contributed by atoms with van der Waals surface area (Å²) in [5, 5.41) is 0. The lowest BCUT2D eigenvalue weighted by molar-refractivity contribution is -0.166. The Kier molecular flexibility index (Phi) is 58.3. The summed E-state index contributed by atoms with van der Waals surface area (Å²) in [4.78, 5) is 38.1. The second kappa shape index (κ2) is 61.6. The maximum absolute atomic E-state index is 12.8. The van der Waals surface area contributed by atoms with Crippen LogP contribution in [0, 0.1) is 0 Å². The molecule has 0 aliphatic carbocycles. The topological polar surface area (TPSA) is 78.9 Å². The van der Waals surface area contributed by atoms with Crippen LogP contribution in [0.1, 0.15) is 284 Å². The van der Waals surface area contributed by atoms with Crippen LogP contribution >= 0.6 is 0 Å². The van der Waals surface area contributed by atoms with Crippen molar-refractivity contribution in [3.05, 3.63) is 109 Å². The lowest BCUT2D eigenvalue weighted by Crippen LogP contribution is -2.30. The molecule has 0 aromatic heterocycles. The van der Waals surface area contributed by atoms with Crippen molar-refractivity contribution in [2.45, 2.75) is 290 Å². The number of esters is 3. The number of carbonyl (C=O) groups is 3. The van der Waals surface area contributed by atoms with E-state index in [4.69, 9.17) is 14.2 Å². The summed E-state index contributed by atoms with van der Waals surface area (Å²) in [6.45, 7) is 6.34. The van der Waals surface area contributed by atoms with E-state index in [2.05, 4.69) is 118 Å². The van der Waals surface area contributed by atoms with Gasteiger partial charge in [-0.2, -0.15) is 0 Å². The van der Waals surface area contributed by atoms with Gasteiger partial charge in [-0.25, -0.2) is 0 Å². The van der Waals surface area contributed by atoms with E-state index in [1.807, 2.05) is 6.08 Å². The molecule has 422 valence electrons. The SMILES string of the molecule is CC/C=C\C/C=C\C/C=C\C/C=C\C/C=C\CC(=O)OC(COC(=O)CCCCCCCCCCCCCC)COC(=O)CCCCCCCCCCCCCCCCCC/C=C\C/C=C\C/C=C\C/C=C\CC. The monoisotopic (exact) mass is 1030 g/mol. The van der Waals surface area contributed by atoms with Crippen LogP contribution in [0.4, 0.5) is 0 Å². The van der Waals surface area contributed by atoms with Gasteiger partial charge in [0.15, 0.2) is 6.10 Å². The molecule has 0 N–H and O–H groups in total. The molecule has 6 nitrogen and oxygen atoms in total. The lowest BCUT2D eigenvalue weighted by atomic mass is 10.0. The Morgan fingerprint density at radius 1 is 0.297 bits per heavy atom. The summed E-state index contributed by atoms with van der Waals surface area (Å²) >= 11 is 0. The van der Waals surface area contributed by atoms with E-state index in [9.17, 15) is 14.4 Å². The smallest absolute Gasteiger partial charge is 0.310 e. The van der Waals surface area contributed by atoms with Gasteiger partial charge < -0.3 is 14.2 Å². The minimum absolute atomic E-state index is 0.0973. The van der Waals surface area contributed by atoms with Gasteiger partial charge in [0, 0.05) is 12.8 Å². The fourth-order valence-corrected chi connectivity index (χ4v) is 8.51. The fraction of sp³-hybridized carbons (Fsp3) is 0.691. The highest BCUT2D eigenvalue weighted by molar-refractivity contribution is 5.72. The van der Waals surface area contributed by atoms with Gasteiger partial charge in [-0.1, -0.05) is 291 Å². The highest BCUT2D eigenvalue weighted by atomic mass is 16.6. The standard InChI is InChI=1S/C68H114O6/c1-4-7-10-13-16-19-22-25-27-28-29-30-31-32-33-34-35-36-37-38-39-40-42-43-46-49-52-55-58-61-67(70)73-64-65(63-72-66(69)60-57-54-51-48-45-24-21-18-15-12-9-6-3)74-68(71)62-59-56-53-50-47-44-41-26-23-20-17-14-11-8-5-2/h7-8,10-11,16-17,19-20,25-27,29-30,41,47,50,56,59,65H,4-6,9,12-15,18,21-24,28,31-40,42-46,48-49,51-55,57-58,60-64H2,1-3H3/b10-7-,11-8-,19-16-,20-17-,27-25-,30-29-,41-26-,50-47-,59-56-. The number of ether oxygens (including phenoxy) is 3. The van der Waals surface area contributed by atoms with Crippen molar-refractivity contribution in [3.8, 4) is 0 Å². The summed E-state index contributed by atoms with van der Waals surface area (Å²) in [5.41, 5.74) is 0. The van der Waals surface area contributed by atoms with E-state index in [0.717, 1.165) is 96.3 Å². The molecule has 0 amide bonds. The van der Waals surface area contributed by atoms with Gasteiger partial charge >= 0.3 is 17.9 Å². The first-order chi connectivity index (χ1) is 36.5. The highest BCUT2D eigenvalue weighted by Gasteiger charge is 2.19. The number of unbranched alkanes of at least 4 members (excludes halogenated alkanes) is 27. The van der Waals surface area contributed by atoms with Crippen LogP contribution in [0.5, 0.6) is 0 Å². The van der Waals surface area contributed by atoms with Crippen molar-refractivity contribution < 1.29 is 28.6 Å². The number of hydrogen-bond acceptors (Lipinski definition) is 6. The Bertz CT molecular complexity index is 1510. The van der Waals surface area contributed by atoms with Gasteiger partial charge in [-0.05, 0) is 83.5 Å². The third-order valence-corrected chi connectivity index (χ3v) is 13.1. The molecule has 0 aliphatic rings. The zero-order chi connectivity index (χ0) is 53.6. The van der Waals surface area contributed by atoms with Gasteiger partial charge in [-0.15, -0.1) is 0 Å². The molecule has 0 rings (SSSR count). The number of allylic oxidation sites excluding steroid dienone is 17. The molecule has 1 atom stereocenters. The summed E-state index contributed by atoms with van der Waals surface area (Å²) in [6.07, 6.45) is 84.2. The first-order valence-electron chi connectivity index (χ1n) is 30.9. The predicted molar refractivity (Wildman–Crippen MR) is 320 cm³/mol. The average molecular weight is 1030 g/mol. The molecule has 0 aliphatic heterocycles. The van der Waals surface area contributed by atoms with E-state index in [-0.39, 0.29) is 31.6 Å². The average Bonchev–Trinajstić information content (AvgIpc) is 3.40. The van der Waals surface area contributed by atoms with Crippen LogP contribution in [0.3, 0.4) is 0 Å². The van der Waals surface area contributed by atoms with Crippen LogP contribution in [-0.4, -0.2) is 37.2 Å². The van der Waals surface area contributed by atoms with E-state index < -0.39 is 12.1 Å². The lowest BCUT2D eigenvalue weighted by Gasteiger charge is -2.18. The molecule has 0 aromatic carbocycles. The van der Waals surface area contributed by atoms with Crippen molar-refractivity contribution in [2.75, 3.05) is 13.2 Å². The van der Waals surface area contributed by atoms with Gasteiger partial charge in [0.05, 0.1) is 6.42 Å². The van der Waals surface area contributed by atoms with Crippen LogP contribution in [0.25, 0.3) is 0 Å². The van der Waals surface area contributed by atoms with Crippen LogP contribution in [-0.2, 0) is 28.6 Å². The fourth-order valence-electron chi connectivity index (χ4n) is 8.51. The Hall–Kier alpha value is -3.93. The Morgan fingerprint density at radius 3 is 0.892 bits per heavy atom. The number of rotatable bonds is 55. The van der Waals surface area contributed by atoms with Crippen LogP contribution < -0.4 is 0 Å². The highest BCUT2D eigenvalue weighted by Crippen LogP contribution is 2.16. The van der Waals surface area contributed by atoms with Crippen LogP contribution in [0.15, 0.2) is 109 Å². The second-order valence-corrected chi connectivity index (χ2v) is 20.2. The molecule has 0 radical (unpaired) electrons. The molecule has 6 heteroatoms. The van der Waals surface area contributed by atoms with E-state index in [0.29, 0.717) is 12.8 Å². The minimum Gasteiger partial charge on any atom is -0.462 e. The first-order valence-corrected chi connectivity index (χ1v) is 30.9. The molecule has 74 heavy (non-hydrogen) atoms. The van der Waals surface area contributed by atoms with Crippen LogP contribution in [0.2, 0.25) is 0 Å². The quantitative estimate of drug-likeness (QED) is 0.0261. The van der Waals surface area contributed by atoms with Gasteiger partial charge in [0.1, 0.15) is 13.2 Å². The largest absolute Gasteiger partial charge is 0.462 e. The first kappa shape index (κ1) is 70.1. The maximum Gasteiger partial charge on any atom is 0.310 e. The van der Waals surface area contributed by atoms with Crippen molar-refractivity contribution in [2.24, 2.45) is 0 Å². The van der Waals surface area contributed by atoms with Gasteiger partial charge in [0.25, 0.3) is 0 Å². The third-order valence-electron chi connectivity index (χ3n) is 13.1. The normalized spacial score (nSPS) is 12.9. The Balaban J connectivity index is 4.26. The summed E-state index contributed by atoms with van der Waals surface area (Å²) in [7, 11) is 0. The molecule has 0 saturated carbocycles. The third kappa shape index (κ3) is 59.0. The summed E-state index contributed by atoms with van der Waals surface area (Å²) < 4.78 is 16.8. The van der Waals surface area contributed by atoms with Crippen molar-refractivity contribution in [1.29, 1.82) is 0 Å². The molecule has 0 saturated heterocycles. The van der Waals surface area contributed by atoms with Gasteiger partial charge in [-0.3, -0.25) is 14.4 Å². The molecule has 0 heterocycles.